The highest BCUT2D eigenvalue weighted by molar-refractivity contribution is 5.34. The summed E-state index contributed by atoms with van der Waals surface area (Å²) in [6.45, 7) is 0. The molecule has 1 aliphatic carbocycles. The average Bonchev–Trinajstić information content (AvgIpc) is 2.95. The van der Waals surface area contributed by atoms with E-state index < -0.39 is 11.7 Å². The van der Waals surface area contributed by atoms with Gasteiger partial charge in [-0.15, -0.1) is 12.3 Å². The van der Waals surface area contributed by atoms with Crippen LogP contribution < -0.4 is 0 Å². The first-order valence-electron chi connectivity index (χ1n) is 4.65. The van der Waals surface area contributed by atoms with Crippen LogP contribution in [0.2, 0.25) is 0 Å². The van der Waals surface area contributed by atoms with Crippen molar-refractivity contribution in [2.75, 3.05) is 0 Å². The minimum atomic E-state index is -4.27. The fourth-order valence-electron chi connectivity index (χ4n) is 1.69. The van der Waals surface area contributed by atoms with Crippen LogP contribution in [0, 0.1) is 18.3 Å². The molecule has 0 amide bonds. The molecular formula is C12H9F3. The molecule has 1 aliphatic rings. The standard InChI is InChI=1S/C12H9F3/c1-2-8-7-11(8)9-4-3-5-10(6-9)12(13,14)15/h1,3-6,8,11H,7H2/t8-,11-/m1/s1. The first-order valence-corrected chi connectivity index (χ1v) is 4.65. The molecule has 2 rings (SSSR count). The summed E-state index contributed by atoms with van der Waals surface area (Å²) in [7, 11) is 0. The second kappa shape index (κ2) is 3.30. The normalized spacial score (nSPS) is 24.7. The van der Waals surface area contributed by atoms with Crippen LogP contribution in [0.3, 0.4) is 0 Å². The van der Waals surface area contributed by atoms with Crippen molar-refractivity contribution >= 4 is 0 Å². The lowest BCUT2D eigenvalue weighted by atomic mass is 10.1. The van der Waals surface area contributed by atoms with E-state index in [-0.39, 0.29) is 11.8 Å². The zero-order valence-electron chi connectivity index (χ0n) is 7.88. The van der Waals surface area contributed by atoms with Crippen molar-refractivity contribution in [2.24, 2.45) is 5.92 Å². The highest BCUT2D eigenvalue weighted by Gasteiger charge is 2.38. The monoisotopic (exact) mass is 210 g/mol. The molecule has 0 heterocycles. The van der Waals surface area contributed by atoms with Crippen LogP contribution in [0.15, 0.2) is 24.3 Å². The molecule has 15 heavy (non-hydrogen) atoms. The Morgan fingerprint density at radius 3 is 2.60 bits per heavy atom. The molecule has 78 valence electrons. The van der Waals surface area contributed by atoms with Crippen molar-refractivity contribution in [3.8, 4) is 12.3 Å². The van der Waals surface area contributed by atoms with Crippen LogP contribution in [0.4, 0.5) is 13.2 Å². The van der Waals surface area contributed by atoms with E-state index >= 15 is 0 Å². The maximum atomic E-state index is 12.4. The molecule has 0 unspecified atom stereocenters. The number of hydrogen-bond acceptors (Lipinski definition) is 0. The Balaban J connectivity index is 2.26. The molecule has 0 spiro atoms. The summed E-state index contributed by atoms with van der Waals surface area (Å²) in [4.78, 5) is 0. The number of rotatable bonds is 1. The molecule has 1 fully saturated rings. The second-order valence-corrected chi connectivity index (χ2v) is 3.74. The molecule has 0 aliphatic heterocycles. The van der Waals surface area contributed by atoms with Gasteiger partial charge < -0.3 is 0 Å². The van der Waals surface area contributed by atoms with E-state index in [4.69, 9.17) is 6.42 Å². The van der Waals surface area contributed by atoms with Gasteiger partial charge in [0, 0.05) is 5.92 Å². The number of hydrogen-bond donors (Lipinski definition) is 0. The summed E-state index contributed by atoms with van der Waals surface area (Å²) < 4.78 is 37.2. The Hall–Kier alpha value is -1.43. The molecule has 3 heteroatoms. The predicted molar refractivity (Wildman–Crippen MR) is 51.1 cm³/mol. The third-order valence-electron chi connectivity index (χ3n) is 2.65. The van der Waals surface area contributed by atoms with Gasteiger partial charge in [0.1, 0.15) is 0 Å². The van der Waals surface area contributed by atoms with Gasteiger partial charge in [-0.3, -0.25) is 0 Å². The highest BCUT2D eigenvalue weighted by Crippen LogP contribution is 2.47. The summed E-state index contributed by atoms with van der Waals surface area (Å²) in [5.74, 6) is 2.81. The fraction of sp³-hybridized carbons (Fsp3) is 0.333. The maximum absolute atomic E-state index is 12.4. The summed E-state index contributed by atoms with van der Waals surface area (Å²) in [6.07, 6.45) is 1.75. The van der Waals surface area contributed by atoms with Crippen molar-refractivity contribution in [1.82, 2.24) is 0 Å². The first-order chi connectivity index (χ1) is 7.02. The van der Waals surface area contributed by atoms with E-state index in [9.17, 15) is 13.2 Å². The lowest BCUT2D eigenvalue weighted by Gasteiger charge is -2.07. The Morgan fingerprint density at radius 2 is 2.07 bits per heavy atom. The maximum Gasteiger partial charge on any atom is 0.416 e. The average molecular weight is 210 g/mol. The number of alkyl halides is 3. The van der Waals surface area contributed by atoms with Gasteiger partial charge in [-0.25, -0.2) is 0 Å². The van der Waals surface area contributed by atoms with Gasteiger partial charge in [0.05, 0.1) is 5.56 Å². The van der Waals surface area contributed by atoms with Gasteiger partial charge in [-0.1, -0.05) is 18.2 Å². The molecule has 0 saturated heterocycles. The first kappa shape index (κ1) is 10.1. The van der Waals surface area contributed by atoms with E-state index in [1.165, 1.54) is 12.1 Å². The summed E-state index contributed by atoms with van der Waals surface area (Å²) in [5.41, 5.74) is 0.107. The Morgan fingerprint density at radius 1 is 1.33 bits per heavy atom. The Bertz CT molecular complexity index is 412. The topological polar surface area (TPSA) is 0 Å². The zero-order chi connectivity index (χ0) is 11.1. The molecule has 0 radical (unpaired) electrons. The van der Waals surface area contributed by atoms with Crippen molar-refractivity contribution in [3.63, 3.8) is 0 Å². The Kier molecular flexibility index (Phi) is 2.22. The second-order valence-electron chi connectivity index (χ2n) is 3.74. The number of terminal acetylenes is 1. The van der Waals surface area contributed by atoms with Crippen molar-refractivity contribution in [3.05, 3.63) is 35.4 Å². The van der Waals surface area contributed by atoms with Crippen molar-refractivity contribution < 1.29 is 13.2 Å². The van der Waals surface area contributed by atoms with Gasteiger partial charge in [-0.05, 0) is 24.0 Å². The lowest BCUT2D eigenvalue weighted by molar-refractivity contribution is -0.137. The SMILES string of the molecule is C#C[C@@H]1C[C@H]1c1cccc(C(F)(F)F)c1. The van der Waals surface area contributed by atoms with E-state index in [2.05, 4.69) is 5.92 Å². The van der Waals surface area contributed by atoms with E-state index in [0.29, 0.717) is 5.56 Å². The highest BCUT2D eigenvalue weighted by atomic mass is 19.4. The lowest BCUT2D eigenvalue weighted by Crippen LogP contribution is -2.05. The predicted octanol–water partition coefficient (Wildman–Crippen LogP) is 3.44. The quantitative estimate of drug-likeness (QED) is 0.623. The Labute approximate surface area is 86.1 Å². The van der Waals surface area contributed by atoms with Gasteiger partial charge >= 0.3 is 6.18 Å². The molecule has 1 saturated carbocycles. The van der Waals surface area contributed by atoms with Gasteiger partial charge in [0.15, 0.2) is 0 Å². The van der Waals surface area contributed by atoms with Crippen LogP contribution >= 0.6 is 0 Å². The van der Waals surface area contributed by atoms with Gasteiger partial charge in [0.2, 0.25) is 0 Å². The summed E-state index contributed by atoms with van der Waals surface area (Å²) in [6, 6.07) is 5.42. The number of halogens is 3. The van der Waals surface area contributed by atoms with Gasteiger partial charge in [-0.2, -0.15) is 13.2 Å². The molecule has 0 aromatic heterocycles. The van der Waals surface area contributed by atoms with E-state index in [0.717, 1.165) is 12.5 Å². The molecular weight excluding hydrogens is 201 g/mol. The summed E-state index contributed by atoms with van der Waals surface area (Å²) in [5, 5.41) is 0. The fourth-order valence-corrected chi connectivity index (χ4v) is 1.69. The third-order valence-corrected chi connectivity index (χ3v) is 2.65. The molecule has 1 aromatic rings. The van der Waals surface area contributed by atoms with Gasteiger partial charge in [0.25, 0.3) is 0 Å². The van der Waals surface area contributed by atoms with Crippen LogP contribution in [-0.4, -0.2) is 0 Å². The van der Waals surface area contributed by atoms with Crippen LogP contribution in [0.1, 0.15) is 23.5 Å². The molecule has 1 aromatic carbocycles. The minimum Gasteiger partial charge on any atom is -0.166 e. The zero-order valence-corrected chi connectivity index (χ0v) is 7.88. The van der Waals surface area contributed by atoms with E-state index in [1.54, 1.807) is 6.07 Å². The van der Waals surface area contributed by atoms with Crippen LogP contribution in [0.25, 0.3) is 0 Å². The molecule has 0 nitrogen and oxygen atoms in total. The smallest absolute Gasteiger partial charge is 0.166 e. The largest absolute Gasteiger partial charge is 0.416 e. The van der Waals surface area contributed by atoms with Crippen LogP contribution in [0.5, 0.6) is 0 Å². The third kappa shape index (κ3) is 1.99. The number of benzene rings is 1. The van der Waals surface area contributed by atoms with Crippen LogP contribution in [-0.2, 0) is 6.18 Å². The molecule has 0 bridgehead atoms. The minimum absolute atomic E-state index is 0.119. The summed E-state index contributed by atoms with van der Waals surface area (Å²) >= 11 is 0. The van der Waals surface area contributed by atoms with Crippen molar-refractivity contribution in [1.29, 1.82) is 0 Å². The molecule has 2 atom stereocenters. The molecule has 0 N–H and O–H groups in total. The van der Waals surface area contributed by atoms with E-state index in [1.807, 2.05) is 0 Å². The van der Waals surface area contributed by atoms with Crippen molar-refractivity contribution in [2.45, 2.75) is 18.5 Å².